The molecule has 18 heavy (non-hydrogen) atoms. The van der Waals surface area contributed by atoms with Crippen molar-refractivity contribution in [1.29, 1.82) is 0 Å². The molecule has 0 bridgehead atoms. The molecule has 0 spiro atoms. The molecule has 0 aliphatic carbocycles. The molecule has 0 N–H and O–H groups in total. The molecule has 1 aliphatic heterocycles. The van der Waals surface area contributed by atoms with Crippen molar-refractivity contribution >= 4 is 5.71 Å². The van der Waals surface area contributed by atoms with Crippen molar-refractivity contribution in [3.05, 3.63) is 24.3 Å². The van der Waals surface area contributed by atoms with Crippen LogP contribution in [0.5, 0.6) is 0 Å². The molecule has 1 fully saturated rings. The van der Waals surface area contributed by atoms with E-state index in [4.69, 9.17) is 0 Å². The van der Waals surface area contributed by atoms with Crippen LogP contribution in [0.1, 0.15) is 34.1 Å². The van der Waals surface area contributed by atoms with Crippen molar-refractivity contribution in [2.75, 3.05) is 26.2 Å². The predicted molar refractivity (Wildman–Crippen MR) is 81.3 cm³/mol. The summed E-state index contributed by atoms with van der Waals surface area (Å²) in [6.45, 7) is 17.0. The van der Waals surface area contributed by atoms with E-state index in [0.29, 0.717) is 5.92 Å². The van der Waals surface area contributed by atoms with E-state index < -0.39 is 0 Å². The average molecular weight is 248 g/mol. The third-order valence-corrected chi connectivity index (χ3v) is 3.88. The molecule has 1 saturated heterocycles. The monoisotopic (exact) mass is 248 g/mol. The van der Waals surface area contributed by atoms with Gasteiger partial charge in [-0.25, -0.2) is 0 Å². The van der Waals surface area contributed by atoms with E-state index >= 15 is 0 Å². The largest absolute Gasteiger partial charge is 0.298 e. The van der Waals surface area contributed by atoms with E-state index in [0.717, 1.165) is 32.0 Å². The van der Waals surface area contributed by atoms with Gasteiger partial charge in [0.25, 0.3) is 0 Å². The third kappa shape index (κ3) is 3.81. The van der Waals surface area contributed by atoms with Crippen LogP contribution >= 0.6 is 0 Å². The van der Waals surface area contributed by atoms with Crippen LogP contribution in [0.3, 0.4) is 0 Å². The van der Waals surface area contributed by atoms with Gasteiger partial charge in [-0.3, -0.25) is 9.89 Å². The maximum atomic E-state index is 4.68. The van der Waals surface area contributed by atoms with Gasteiger partial charge in [0, 0.05) is 37.8 Å². The molecular formula is C16H28N2. The SMILES string of the molecule is C=CC(=CC)CN1CC(C)C(C(CC)=NCC)C1. The molecule has 0 saturated carbocycles. The van der Waals surface area contributed by atoms with E-state index in [1.807, 2.05) is 6.08 Å². The normalized spacial score (nSPS) is 26.7. The minimum Gasteiger partial charge on any atom is -0.298 e. The van der Waals surface area contributed by atoms with Crippen LogP contribution in [0.15, 0.2) is 29.3 Å². The lowest BCUT2D eigenvalue weighted by atomic mass is 9.91. The van der Waals surface area contributed by atoms with E-state index in [-0.39, 0.29) is 0 Å². The predicted octanol–water partition coefficient (Wildman–Crippen LogP) is 3.56. The summed E-state index contributed by atoms with van der Waals surface area (Å²) in [5.74, 6) is 1.37. The Morgan fingerprint density at radius 1 is 1.39 bits per heavy atom. The summed E-state index contributed by atoms with van der Waals surface area (Å²) in [5.41, 5.74) is 2.74. The van der Waals surface area contributed by atoms with Gasteiger partial charge >= 0.3 is 0 Å². The second-order valence-electron chi connectivity index (χ2n) is 5.16. The van der Waals surface area contributed by atoms with Crippen LogP contribution in [0.2, 0.25) is 0 Å². The summed E-state index contributed by atoms with van der Waals surface area (Å²) in [6, 6.07) is 0. The molecular weight excluding hydrogens is 220 g/mol. The molecule has 2 heteroatoms. The Hall–Kier alpha value is -0.890. The quantitative estimate of drug-likeness (QED) is 0.518. The minimum absolute atomic E-state index is 0.651. The highest BCUT2D eigenvalue weighted by molar-refractivity contribution is 5.87. The Balaban J connectivity index is 2.66. The Morgan fingerprint density at radius 3 is 2.61 bits per heavy atom. The van der Waals surface area contributed by atoms with Crippen LogP contribution in [-0.4, -0.2) is 36.8 Å². The molecule has 0 aromatic heterocycles. The maximum absolute atomic E-state index is 4.68. The molecule has 2 atom stereocenters. The van der Waals surface area contributed by atoms with Crippen molar-refractivity contribution in [3.8, 4) is 0 Å². The molecule has 0 aromatic rings. The number of aliphatic imine (C=N–C) groups is 1. The highest BCUT2D eigenvalue weighted by Gasteiger charge is 2.32. The number of hydrogen-bond acceptors (Lipinski definition) is 2. The Bertz CT molecular complexity index is 328. The first kappa shape index (κ1) is 15.2. The zero-order valence-electron chi connectivity index (χ0n) is 12.4. The summed E-state index contributed by atoms with van der Waals surface area (Å²) in [4.78, 5) is 7.22. The van der Waals surface area contributed by atoms with E-state index in [1.54, 1.807) is 0 Å². The van der Waals surface area contributed by atoms with Crippen LogP contribution in [-0.2, 0) is 0 Å². The molecule has 0 radical (unpaired) electrons. The second-order valence-corrected chi connectivity index (χ2v) is 5.16. The Kier molecular flexibility index (Phi) is 6.34. The minimum atomic E-state index is 0.651. The zero-order chi connectivity index (χ0) is 13.5. The van der Waals surface area contributed by atoms with E-state index in [9.17, 15) is 0 Å². The second kappa shape index (κ2) is 7.52. The first-order valence-corrected chi connectivity index (χ1v) is 7.19. The molecule has 0 aromatic carbocycles. The number of allylic oxidation sites excluding steroid dienone is 1. The fourth-order valence-electron chi connectivity index (χ4n) is 2.86. The molecule has 1 aliphatic rings. The van der Waals surface area contributed by atoms with Gasteiger partial charge in [-0.15, -0.1) is 0 Å². The summed E-state index contributed by atoms with van der Waals surface area (Å²) in [5, 5.41) is 0. The van der Waals surface area contributed by atoms with Crippen molar-refractivity contribution in [1.82, 2.24) is 4.90 Å². The first-order chi connectivity index (χ1) is 8.65. The highest BCUT2D eigenvalue weighted by atomic mass is 15.2. The molecule has 1 heterocycles. The van der Waals surface area contributed by atoms with Crippen LogP contribution in [0.25, 0.3) is 0 Å². The lowest BCUT2D eigenvalue weighted by Crippen LogP contribution is -2.25. The van der Waals surface area contributed by atoms with Gasteiger partial charge in [-0.2, -0.15) is 0 Å². The third-order valence-electron chi connectivity index (χ3n) is 3.88. The standard InChI is InChI=1S/C16H28N2/c1-6-14(7-2)11-18-10-13(5)15(12-18)16(8-3)17-9-4/h6-7,13,15H,1,8-12H2,2-5H3. The highest BCUT2D eigenvalue weighted by Crippen LogP contribution is 2.26. The summed E-state index contributed by atoms with van der Waals surface area (Å²) in [6.07, 6.45) is 5.22. The summed E-state index contributed by atoms with van der Waals surface area (Å²) < 4.78 is 0. The summed E-state index contributed by atoms with van der Waals surface area (Å²) in [7, 11) is 0. The van der Waals surface area contributed by atoms with Crippen molar-refractivity contribution < 1.29 is 0 Å². The fraction of sp³-hybridized carbons (Fsp3) is 0.688. The number of likely N-dealkylation sites (tertiary alicyclic amines) is 1. The lowest BCUT2D eigenvalue weighted by Gasteiger charge is -2.17. The lowest BCUT2D eigenvalue weighted by molar-refractivity contribution is 0.356. The molecule has 102 valence electrons. The molecule has 1 rings (SSSR count). The van der Waals surface area contributed by atoms with Gasteiger partial charge in [-0.05, 0) is 31.8 Å². The summed E-state index contributed by atoms with van der Waals surface area (Å²) >= 11 is 0. The van der Waals surface area contributed by atoms with Gasteiger partial charge in [0.1, 0.15) is 0 Å². The van der Waals surface area contributed by atoms with Gasteiger partial charge < -0.3 is 0 Å². The number of rotatable bonds is 6. The van der Waals surface area contributed by atoms with Crippen molar-refractivity contribution in [3.63, 3.8) is 0 Å². The molecule has 0 amide bonds. The molecule has 2 nitrogen and oxygen atoms in total. The van der Waals surface area contributed by atoms with Gasteiger partial charge in [-0.1, -0.05) is 32.6 Å². The smallest absolute Gasteiger partial charge is 0.0360 e. The van der Waals surface area contributed by atoms with Crippen LogP contribution in [0, 0.1) is 11.8 Å². The van der Waals surface area contributed by atoms with E-state index in [2.05, 4.69) is 50.2 Å². The van der Waals surface area contributed by atoms with Gasteiger partial charge in [0.2, 0.25) is 0 Å². The number of nitrogens with zero attached hydrogens (tertiary/aromatic N) is 2. The van der Waals surface area contributed by atoms with Gasteiger partial charge in [0.05, 0.1) is 0 Å². The molecule has 2 unspecified atom stereocenters. The van der Waals surface area contributed by atoms with Crippen molar-refractivity contribution in [2.45, 2.75) is 34.1 Å². The van der Waals surface area contributed by atoms with Gasteiger partial charge in [0.15, 0.2) is 0 Å². The first-order valence-electron chi connectivity index (χ1n) is 7.19. The van der Waals surface area contributed by atoms with Crippen LogP contribution in [0.4, 0.5) is 0 Å². The topological polar surface area (TPSA) is 15.6 Å². The van der Waals surface area contributed by atoms with Crippen molar-refractivity contribution in [2.24, 2.45) is 16.8 Å². The average Bonchev–Trinajstić information content (AvgIpc) is 2.74. The van der Waals surface area contributed by atoms with Crippen LogP contribution < -0.4 is 0 Å². The fourth-order valence-corrected chi connectivity index (χ4v) is 2.86. The number of hydrogen-bond donors (Lipinski definition) is 0. The zero-order valence-corrected chi connectivity index (χ0v) is 12.4. The van der Waals surface area contributed by atoms with E-state index in [1.165, 1.54) is 17.8 Å². The maximum Gasteiger partial charge on any atom is 0.0360 e. The Morgan fingerprint density at radius 2 is 2.11 bits per heavy atom. The Labute approximate surface area is 112 Å².